The number of aromatic hydroxyl groups is 2. The second-order valence-corrected chi connectivity index (χ2v) is 6.51. The summed E-state index contributed by atoms with van der Waals surface area (Å²) in [6.45, 7) is 1.10. The molecular weight excluding hydrogens is 332 g/mol. The number of aliphatic hydroxyl groups excluding tert-OH is 4. The van der Waals surface area contributed by atoms with Crippen molar-refractivity contribution in [3.05, 3.63) is 33.7 Å². The number of rotatable bonds is 2. The van der Waals surface area contributed by atoms with Crippen LogP contribution in [-0.4, -0.2) is 55.6 Å². The summed E-state index contributed by atoms with van der Waals surface area (Å²) in [4.78, 5) is 12.2. The molecule has 2 aromatic rings. The van der Waals surface area contributed by atoms with Gasteiger partial charge in [0, 0.05) is 36.1 Å². The fraction of sp³-hybridized carbons (Fsp3) is 0.471. The van der Waals surface area contributed by atoms with Gasteiger partial charge in [0.2, 0.25) is 0 Å². The molecule has 3 rings (SSSR count). The van der Waals surface area contributed by atoms with Gasteiger partial charge >= 0.3 is 0 Å². The minimum absolute atomic E-state index is 0.0426. The van der Waals surface area contributed by atoms with Gasteiger partial charge in [-0.3, -0.25) is 4.79 Å². The fourth-order valence-corrected chi connectivity index (χ4v) is 3.59. The van der Waals surface area contributed by atoms with E-state index in [1.165, 1.54) is 13.0 Å². The molecule has 25 heavy (non-hydrogen) atoms. The van der Waals surface area contributed by atoms with Gasteiger partial charge in [0.15, 0.2) is 5.43 Å². The number of phenols is 2. The summed E-state index contributed by atoms with van der Waals surface area (Å²) in [5.74, 6) is -2.28. The molecule has 6 N–H and O–H groups in total. The second kappa shape index (κ2) is 6.30. The number of hydrogen-bond donors (Lipinski definition) is 6. The number of phenolic OH excluding ortho intramolecular Hbond substituents is 2. The van der Waals surface area contributed by atoms with Crippen molar-refractivity contribution in [2.75, 3.05) is 6.61 Å². The Morgan fingerprint density at radius 1 is 1.08 bits per heavy atom. The Hall–Kier alpha value is -2.13. The van der Waals surface area contributed by atoms with Crippen molar-refractivity contribution < 1.29 is 35.1 Å². The van der Waals surface area contributed by atoms with Crippen molar-refractivity contribution in [3.63, 3.8) is 0 Å². The fourth-order valence-electron chi connectivity index (χ4n) is 3.59. The predicted molar refractivity (Wildman–Crippen MR) is 86.5 cm³/mol. The topological polar surface area (TPSA) is 152 Å². The van der Waals surface area contributed by atoms with Gasteiger partial charge in [-0.25, -0.2) is 0 Å². The molecule has 0 amide bonds. The van der Waals surface area contributed by atoms with Crippen LogP contribution in [0.4, 0.5) is 0 Å². The molecule has 136 valence electrons. The van der Waals surface area contributed by atoms with E-state index >= 15 is 0 Å². The van der Waals surface area contributed by atoms with Crippen LogP contribution in [-0.2, 0) is 0 Å². The Morgan fingerprint density at radius 2 is 1.76 bits per heavy atom. The van der Waals surface area contributed by atoms with Crippen LogP contribution in [0.2, 0.25) is 0 Å². The number of hydrogen-bond acceptors (Lipinski definition) is 8. The molecular formula is C17H20O8. The van der Waals surface area contributed by atoms with Gasteiger partial charge in [0.05, 0.1) is 12.2 Å². The number of benzene rings is 1. The Labute approximate surface area is 142 Å². The lowest BCUT2D eigenvalue weighted by atomic mass is 9.72. The highest BCUT2D eigenvalue weighted by Gasteiger charge is 2.44. The minimum atomic E-state index is -1.55. The standard InChI is InChI=1S/C17H20O8/c1-6-2-9(19)13-11(21)4-10(20)12(17(13)25-6)8-3-7(5-18)14(22)16(24)15(8)23/h2,4,7-8,14-16,18,20-24H,3,5H2,1H3/t7-,8+,14-,15+,16+/m1/s1. The van der Waals surface area contributed by atoms with E-state index in [0.29, 0.717) is 0 Å². The highest BCUT2D eigenvalue weighted by atomic mass is 16.4. The van der Waals surface area contributed by atoms with E-state index in [4.69, 9.17) is 4.42 Å². The van der Waals surface area contributed by atoms with Crippen molar-refractivity contribution in [1.82, 2.24) is 0 Å². The Balaban J connectivity index is 2.26. The van der Waals surface area contributed by atoms with Crippen LogP contribution < -0.4 is 5.43 Å². The molecule has 1 aliphatic rings. The molecule has 0 aliphatic heterocycles. The lowest BCUT2D eigenvalue weighted by Crippen LogP contribution is -2.51. The molecule has 1 saturated carbocycles. The summed E-state index contributed by atoms with van der Waals surface area (Å²) in [6, 6.07) is 2.16. The maximum atomic E-state index is 12.2. The summed E-state index contributed by atoms with van der Waals surface area (Å²) in [5.41, 5.74) is -0.556. The zero-order chi connectivity index (χ0) is 18.5. The van der Waals surface area contributed by atoms with Gasteiger partial charge in [-0.2, -0.15) is 0 Å². The van der Waals surface area contributed by atoms with Crippen LogP contribution in [0.15, 0.2) is 21.3 Å². The summed E-state index contributed by atoms with van der Waals surface area (Å²) in [7, 11) is 0. The largest absolute Gasteiger partial charge is 0.507 e. The first-order valence-electron chi connectivity index (χ1n) is 7.90. The molecule has 0 radical (unpaired) electrons. The zero-order valence-electron chi connectivity index (χ0n) is 13.5. The van der Waals surface area contributed by atoms with Crippen LogP contribution >= 0.6 is 0 Å². The molecule has 1 fully saturated rings. The number of aliphatic hydroxyl groups is 4. The average molecular weight is 352 g/mol. The van der Waals surface area contributed by atoms with Crippen molar-refractivity contribution in [3.8, 4) is 11.5 Å². The number of fused-ring (bicyclic) bond motifs is 1. The van der Waals surface area contributed by atoms with E-state index in [1.54, 1.807) is 0 Å². The summed E-state index contributed by atoms with van der Waals surface area (Å²) < 4.78 is 5.53. The Morgan fingerprint density at radius 3 is 2.40 bits per heavy atom. The maximum Gasteiger partial charge on any atom is 0.196 e. The molecule has 8 nitrogen and oxygen atoms in total. The van der Waals surface area contributed by atoms with Crippen LogP contribution in [0.3, 0.4) is 0 Å². The van der Waals surface area contributed by atoms with Crippen molar-refractivity contribution >= 4 is 11.0 Å². The summed E-state index contributed by atoms with van der Waals surface area (Å²) in [5, 5.41) is 60.0. The Bertz CT molecular complexity index is 856. The summed E-state index contributed by atoms with van der Waals surface area (Å²) >= 11 is 0. The van der Waals surface area contributed by atoms with Crippen molar-refractivity contribution in [1.29, 1.82) is 0 Å². The minimum Gasteiger partial charge on any atom is -0.507 e. The Kier molecular flexibility index (Phi) is 4.46. The van der Waals surface area contributed by atoms with Crippen LogP contribution in [0.5, 0.6) is 11.5 Å². The van der Waals surface area contributed by atoms with Crippen LogP contribution in [0.1, 0.15) is 23.7 Å². The van der Waals surface area contributed by atoms with E-state index < -0.39 is 53.7 Å². The molecule has 0 unspecified atom stereocenters. The van der Waals surface area contributed by atoms with E-state index in [0.717, 1.165) is 6.07 Å². The molecule has 1 aromatic carbocycles. The molecule has 1 heterocycles. The zero-order valence-corrected chi connectivity index (χ0v) is 13.5. The first-order chi connectivity index (χ1) is 11.8. The number of aryl methyl sites for hydroxylation is 1. The monoisotopic (exact) mass is 352 g/mol. The van der Waals surface area contributed by atoms with Gasteiger partial charge < -0.3 is 35.1 Å². The maximum absolute atomic E-state index is 12.2. The van der Waals surface area contributed by atoms with Gasteiger partial charge in [-0.15, -0.1) is 0 Å². The normalized spacial score (nSPS) is 29.9. The molecule has 8 heteroatoms. The first kappa shape index (κ1) is 17.7. The van der Waals surface area contributed by atoms with E-state index in [1.807, 2.05) is 0 Å². The SMILES string of the molecule is Cc1cc(=O)c2c(O)cc(O)c([C@@H]3C[C@H](CO)[C@@H](O)[C@H](O)[C@H]3O)c2o1. The molecule has 0 saturated heterocycles. The van der Waals surface area contributed by atoms with E-state index in [9.17, 15) is 35.4 Å². The third-order valence-corrected chi connectivity index (χ3v) is 4.88. The highest BCUT2D eigenvalue weighted by Crippen LogP contribution is 2.45. The van der Waals surface area contributed by atoms with Gasteiger partial charge in [0.1, 0.15) is 34.3 Å². The third-order valence-electron chi connectivity index (χ3n) is 4.88. The van der Waals surface area contributed by atoms with Crippen molar-refractivity contribution in [2.45, 2.75) is 37.6 Å². The van der Waals surface area contributed by atoms with Crippen LogP contribution in [0, 0.1) is 12.8 Å². The summed E-state index contributed by atoms with van der Waals surface area (Å²) in [6.07, 6.45) is -4.28. The highest BCUT2D eigenvalue weighted by molar-refractivity contribution is 5.88. The molecule has 0 spiro atoms. The van der Waals surface area contributed by atoms with Crippen molar-refractivity contribution in [2.24, 2.45) is 5.92 Å². The smallest absolute Gasteiger partial charge is 0.196 e. The molecule has 1 aliphatic carbocycles. The van der Waals surface area contributed by atoms with E-state index in [2.05, 4.69) is 0 Å². The predicted octanol–water partition coefficient (Wildman–Crippen LogP) is -0.309. The molecule has 1 aromatic heterocycles. The first-order valence-corrected chi connectivity index (χ1v) is 7.90. The lowest BCUT2D eigenvalue weighted by Gasteiger charge is -2.40. The van der Waals surface area contributed by atoms with Gasteiger partial charge in [-0.1, -0.05) is 0 Å². The van der Waals surface area contributed by atoms with Gasteiger partial charge in [0.25, 0.3) is 0 Å². The molecule has 0 bridgehead atoms. The quantitative estimate of drug-likeness (QED) is 0.431. The third kappa shape index (κ3) is 2.77. The van der Waals surface area contributed by atoms with Crippen LogP contribution in [0.25, 0.3) is 11.0 Å². The average Bonchev–Trinajstić information content (AvgIpc) is 2.53. The molecule has 5 atom stereocenters. The lowest BCUT2D eigenvalue weighted by molar-refractivity contribution is -0.127. The second-order valence-electron chi connectivity index (χ2n) is 6.51. The van der Waals surface area contributed by atoms with Gasteiger partial charge in [-0.05, 0) is 13.3 Å². The van der Waals surface area contributed by atoms with E-state index in [-0.39, 0.29) is 28.7 Å².